The minimum atomic E-state index is -0.113. The van der Waals surface area contributed by atoms with E-state index in [1.807, 2.05) is 49.4 Å². The number of hydrazone groups is 1. The fourth-order valence-electron chi connectivity index (χ4n) is 2.28. The molecular formula is C19H18BrClN6OS. The van der Waals surface area contributed by atoms with Crippen molar-refractivity contribution in [3.63, 3.8) is 0 Å². The van der Waals surface area contributed by atoms with Crippen LogP contribution in [0.15, 0.2) is 63.3 Å². The van der Waals surface area contributed by atoms with Crippen molar-refractivity contribution in [2.45, 2.75) is 18.6 Å². The van der Waals surface area contributed by atoms with Gasteiger partial charge in [0.2, 0.25) is 17.0 Å². The molecule has 3 aromatic rings. The lowest BCUT2D eigenvalue weighted by Gasteiger charge is -2.04. The number of hydrogen-bond acceptors (Lipinski definition) is 6. The van der Waals surface area contributed by atoms with Crippen LogP contribution in [0.4, 0.5) is 5.95 Å². The largest absolute Gasteiger partial charge is 0.351 e. The molecular weight excluding hydrogens is 476 g/mol. The van der Waals surface area contributed by atoms with Crippen LogP contribution in [0.3, 0.4) is 0 Å². The molecule has 29 heavy (non-hydrogen) atoms. The van der Waals surface area contributed by atoms with Crippen LogP contribution in [-0.4, -0.2) is 32.6 Å². The third-order valence-electron chi connectivity index (χ3n) is 3.77. The highest BCUT2D eigenvalue weighted by atomic mass is 79.9. The summed E-state index contributed by atoms with van der Waals surface area (Å²) < 4.78 is 1.01. The van der Waals surface area contributed by atoms with E-state index in [2.05, 4.69) is 47.0 Å². The topological polar surface area (TPSA) is 95.1 Å². The van der Waals surface area contributed by atoms with Gasteiger partial charge in [-0.05, 0) is 42.3 Å². The molecule has 0 radical (unpaired) electrons. The van der Waals surface area contributed by atoms with E-state index in [-0.39, 0.29) is 11.7 Å². The summed E-state index contributed by atoms with van der Waals surface area (Å²) in [7, 11) is 0. The van der Waals surface area contributed by atoms with Crippen LogP contribution in [0, 0.1) is 0 Å². The van der Waals surface area contributed by atoms with Crippen molar-refractivity contribution in [3.05, 3.63) is 69.2 Å². The second-order valence-corrected chi connectivity index (χ2v) is 8.27. The molecule has 0 bridgehead atoms. The zero-order chi connectivity index (χ0) is 20.6. The van der Waals surface area contributed by atoms with Gasteiger partial charge in [-0.1, -0.05) is 63.6 Å². The van der Waals surface area contributed by atoms with Crippen LogP contribution in [0.1, 0.15) is 18.1 Å². The van der Waals surface area contributed by atoms with E-state index < -0.39 is 0 Å². The Hall–Kier alpha value is -2.36. The van der Waals surface area contributed by atoms with Gasteiger partial charge in [0.15, 0.2) is 0 Å². The smallest absolute Gasteiger partial charge is 0.240 e. The Balaban J connectivity index is 1.45. The highest BCUT2D eigenvalue weighted by Gasteiger charge is 2.08. The SMILES string of the molecule is C/C(=N/Nc1nc(SCC(=O)NCc2cccc(Cl)c2)n[nH]1)c1ccc(Br)cc1. The maximum atomic E-state index is 12.0. The Morgan fingerprint density at radius 3 is 2.83 bits per heavy atom. The number of rotatable bonds is 8. The lowest BCUT2D eigenvalue weighted by atomic mass is 10.1. The molecule has 0 saturated heterocycles. The van der Waals surface area contributed by atoms with Gasteiger partial charge in [-0.3, -0.25) is 4.79 Å². The Bertz CT molecular complexity index is 1010. The number of thioether (sulfide) groups is 1. The molecule has 1 aromatic heterocycles. The zero-order valence-corrected chi connectivity index (χ0v) is 18.6. The summed E-state index contributed by atoms with van der Waals surface area (Å²) in [5.41, 5.74) is 5.58. The van der Waals surface area contributed by atoms with E-state index in [4.69, 9.17) is 11.6 Å². The van der Waals surface area contributed by atoms with Gasteiger partial charge in [-0.2, -0.15) is 10.1 Å². The first-order valence-corrected chi connectivity index (χ1v) is 10.8. The van der Waals surface area contributed by atoms with E-state index in [0.29, 0.717) is 22.7 Å². The number of nitrogens with one attached hydrogen (secondary N) is 3. The number of hydrogen-bond donors (Lipinski definition) is 3. The van der Waals surface area contributed by atoms with Crippen molar-refractivity contribution in [2.75, 3.05) is 11.2 Å². The molecule has 0 saturated carbocycles. The predicted octanol–water partition coefficient (Wildman–Crippen LogP) is 4.47. The lowest BCUT2D eigenvalue weighted by Crippen LogP contribution is -2.24. The number of aromatic amines is 1. The van der Waals surface area contributed by atoms with Gasteiger partial charge in [-0.25, -0.2) is 10.5 Å². The van der Waals surface area contributed by atoms with Gasteiger partial charge in [0.25, 0.3) is 0 Å². The first kappa shape index (κ1) is 21.4. The molecule has 0 unspecified atom stereocenters. The van der Waals surface area contributed by atoms with E-state index in [0.717, 1.165) is 21.3 Å². The Kier molecular flexibility index (Phi) is 7.68. The number of H-pyrrole nitrogens is 1. The van der Waals surface area contributed by atoms with Crippen LogP contribution in [0.2, 0.25) is 5.02 Å². The summed E-state index contributed by atoms with van der Waals surface area (Å²) in [4.78, 5) is 16.3. The second-order valence-electron chi connectivity index (χ2n) is 5.98. The number of amides is 1. The average Bonchev–Trinajstić information content (AvgIpc) is 3.17. The number of nitrogens with zero attached hydrogens (tertiary/aromatic N) is 3. The fraction of sp³-hybridized carbons (Fsp3) is 0.158. The molecule has 0 spiro atoms. The van der Waals surface area contributed by atoms with Crippen molar-refractivity contribution in [2.24, 2.45) is 5.10 Å². The molecule has 3 N–H and O–H groups in total. The normalized spacial score (nSPS) is 11.3. The van der Waals surface area contributed by atoms with E-state index in [1.54, 1.807) is 6.07 Å². The van der Waals surface area contributed by atoms with Crippen molar-refractivity contribution in [3.8, 4) is 0 Å². The maximum Gasteiger partial charge on any atom is 0.240 e. The summed E-state index contributed by atoms with van der Waals surface area (Å²) in [6.45, 7) is 2.32. The number of benzene rings is 2. The molecule has 0 atom stereocenters. The minimum absolute atomic E-state index is 0.113. The van der Waals surface area contributed by atoms with Gasteiger partial charge < -0.3 is 5.32 Å². The van der Waals surface area contributed by atoms with Gasteiger partial charge >= 0.3 is 0 Å². The van der Waals surface area contributed by atoms with Gasteiger partial charge in [0, 0.05) is 16.0 Å². The summed E-state index contributed by atoms with van der Waals surface area (Å²) >= 11 is 10.6. The van der Waals surface area contributed by atoms with Gasteiger partial charge in [0.1, 0.15) is 0 Å². The maximum absolute atomic E-state index is 12.0. The molecule has 150 valence electrons. The number of halogens is 2. The molecule has 3 rings (SSSR count). The van der Waals surface area contributed by atoms with Crippen LogP contribution in [0.25, 0.3) is 0 Å². The molecule has 0 aliphatic rings. The molecule has 0 aliphatic carbocycles. The third-order valence-corrected chi connectivity index (χ3v) is 5.38. The van der Waals surface area contributed by atoms with Gasteiger partial charge in [-0.15, -0.1) is 5.10 Å². The van der Waals surface area contributed by atoms with Crippen LogP contribution in [0.5, 0.6) is 0 Å². The molecule has 0 fully saturated rings. The monoisotopic (exact) mass is 492 g/mol. The molecule has 7 nitrogen and oxygen atoms in total. The highest BCUT2D eigenvalue weighted by Crippen LogP contribution is 2.15. The number of anilines is 1. The Morgan fingerprint density at radius 2 is 2.07 bits per heavy atom. The molecule has 1 amide bonds. The van der Waals surface area contributed by atoms with Crippen molar-refractivity contribution < 1.29 is 4.79 Å². The number of aromatic nitrogens is 3. The van der Waals surface area contributed by atoms with Crippen molar-refractivity contribution in [1.29, 1.82) is 0 Å². The van der Waals surface area contributed by atoms with Crippen LogP contribution >= 0.6 is 39.3 Å². The van der Waals surface area contributed by atoms with Crippen LogP contribution < -0.4 is 10.7 Å². The second kappa shape index (κ2) is 10.4. The van der Waals surface area contributed by atoms with Crippen LogP contribution in [-0.2, 0) is 11.3 Å². The molecule has 2 aromatic carbocycles. The van der Waals surface area contributed by atoms with E-state index in [1.165, 1.54) is 11.8 Å². The van der Waals surface area contributed by atoms with Gasteiger partial charge in [0.05, 0.1) is 11.5 Å². The quantitative estimate of drug-likeness (QED) is 0.245. The summed E-state index contributed by atoms with van der Waals surface area (Å²) in [6.07, 6.45) is 0. The third kappa shape index (κ3) is 6.88. The number of carbonyl (C=O) groups excluding carboxylic acids is 1. The summed E-state index contributed by atoms with van der Waals surface area (Å²) in [6, 6.07) is 15.2. The van der Waals surface area contributed by atoms with Crippen molar-refractivity contribution >= 4 is 56.9 Å². The predicted molar refractivity (Wildman–Crippen MR) is 120 cm³/mol. The number of carbonyl (C=O) groups is 1. The van der Waals surface area contributed by atoms with Crippen molar-refractivity contribution in [1.82, 2.24) is 20.5 Å². The van der Waals surface area contributed by atoms with E-state index in [9.17, 15) is 4.79 Å². The Morgan fingerprint density at radius 1 is 1.28 bits per heavy atom. The molecule has 10 heteroatoms. The summed E-state index contributed by atoms with van der Waals surface area (Å²) in [5.74, 6) is 0.501. The fourth-order valence-corrected chi connectivity index (χ4v) is 3.39. The lowest BCUT2D eigenvalue weighted by molar-refractivity contribution is -0.118. The highest BCUT2D eigenvalue weighted by molar-refractivity contribution is 9.10. The first-order valence-electron chi connectivity index (χ1n) is 8.62. The van der Waals surface area contributed by atoms with E-state index >= 15 is 0 Å². The Labute approximate surface area is 185 Å². The summed E-state index contributed by atoms with van der Waals surface area (Å²) in [5, 5.41) is 15.1. The minimum Gasteiger partial charge on any atom is -0.351 e. The zero-order valence-electron chi connectivity index (χ0n) is 15.4. The molecule has 0 aliphatic heterocycles. The standard InChI is InChI=1S/C19H18BrClN6OS/c1-12(14-5-7-15(20)8-6-14)24-25-18-23-19(27-26-18)29-11-17(28)22-10-13-3-2-4-16(21)9-13/h2-9H,10-11H2,1H3,(H,22,28)(H2,23,25,26,27)/b24-12-. The molecule has 1 heterocycles. The first-order chi connectivity index (χ1) is 14.0. The average molecular weight is 494 g/mol.